The summed E-state index contributed by atoms with van der Waals surface area (Å²) in [5, 5.41) is 6.71. The monoisotopic (exact) mass is 838 g/mol. The molecule has 0 unspecified atom stereocenters. The van der Waals surface area contributed by atoms with E-state index in [-0.39, 0.29) is 41.2 Å². The number of rotatable bonds is 13. The molecule has 0 radical (unpaired) electrons. The van der Waals surface area contributed by atoms with E-state index in [1.165, 1.54) is 22.0 Å². The average Bonchev–Trinajstić information content (AvgIpc) is 3.69. The number of nitrogens with zero attached hydrogens (tertiary/aromatic N) is 7. The third-order valence-corrected chi connectivity index (χ3v) is 11.1. The maximum Gasteiger partial charge on any atom is 0.416 e. The third kappa shape index (κ3) is 12.0. The quantitative estimate of drug-likeness (QED) is 0.176. The van der Waals surface area contributed by atoms with Crippen LogP contribution in [-0.2, 0) is 14.3 Å². The van der Waals surface area contributed by atoms with Crippen molar-refractivity contribution >= 4 is 35.5 Å². The van der Waals surface area contributed by atoms with Crippen LogP contribution in [0.4, 0.5) is 29.9 Å². The number of piperidine rings is 1. The Morgan fingerprint density at radius 2 is 1.63 bits per heavy atom. The minimum atomic E-state index is -2.95. The van der Waals surface area contributed by atoms with E-state index in [0.29, 0.717) is 75.1 Å². The lowest BCUT2D eigenvalue weighted by molar-refractivity contribution is -0.135. The van der Waals surface area contributed by atoms with E-state index in [1.54, 1.807) is 42.7 Å². The Kier molecular flexibility index (Phi) is 13.8. The number of pyridine rings is 1. The van der Waals surface area contributed by atoms with Gasteiger partial charge in [-0.15, -0.1) is 0 Å². The van der Waals surface area contributed by atoms with Crippen LogP contribution in [0.25, 0.3) is 11.5 Å². The Labute approximate surface area is 350 Å². The standard InChI is InChI=1S/C43H60F2N8O7/c1-42(2,3)59-40(56)51-21-17-27(18-22-51)9-8-20-50(7)39(55)29-12-14-31(15-13-29)53-25-32(35(49-53)36(44)45)47-37(54)33-26-58-38(48-33)30-16-19-46-34(23-30)52(24-28-10-11-28)41(57)60-43(4,5)6/h16,19,23,25-29,31,36H,8-15,17-18,20-22,24H2,1-7H3,(H,47,54). The average molecular weight is 839 g/mol. The van der Waals surface area contributed by atoms with E-state index in [4.69, 9.17) is 13.9 Å². The van der Waals surface area contributed by atoms with Gasteiger partial charge in [-0.05, 0) is 130 Å². The van der Waals surface area contributed by atoms with Gasteiger partial charge < -0.3 is 29.0 Å². The molecule has 6 rings (SSSR count). The molecule has 3 aromatic heterocycles. The van der Waals surface area contributed by atoms with Crippen molar-refractivity contribution in [3.8, 4) is 11.5 Å². The molecule has 0 spiro atoms. The number of ether oxygens (including phenoxy) is 2. The van der Waals surface area contributed by atoms with Crippen LogP contribution in [0.1, 0.15) is 134 Å². The number of anilines is 2. The van der Waals surface area contributed by atoms with Gasteiger partial charge >= 0.3 is 12.2 Å². The Hall–Kier alpha value is -5.09. The molecule has 3 fully saturated rings. The van der Waals surface area contributed by atoms with Gasteiger partial charge in [-0.1, -0.05) is 0 Å². The highest BCUT2D eigenvalue weighted by atomic mass is 19.3. The number of carbonyl (C=O) groups is 4. The van der Waals surface area contributed by atoms with Crippen LogP contribution in [-0.4, -0.2) is 98.0 Å². The third-order valence-electron chi connectivity index (χ3n) is 11.1. The van der Waals surface area contributed by atoms with Gasteiger partial charge in [0, 0.05) is 57.1 Å². The maximum atomic E-state index is 14.2. The highest BCUT2D eigenvalue weighted by Crippen LogP contribution is 2.36. The molecule has 328 valence electrons. The molecule has 0 aromatic carbocycles. The molecule has 0 bridgehead atoms. The highest BCUT2D eigenvalue weighted by molar-refractivity contribution is 6.03. The lowest BCUT2D eigenvalue weighted by atomic mass is 9.85. The fourth-order valence-corrected chi connectivity index (χ4v) is 7.74. The lowest BCUT2D eigenvalue weighted by Crippen LogP contribution is -2.41. The summed E-state index contributed by atoms with van der Waals surface area (Å²) < 4.78 is 46.7. The zero-order valence-corrected chi connectivity index (χ0v) is 35.9. The first-order valence-corrected chi connectivity index (χ1v) is 21.2. The molecule has 3 aliphatic rings. The molecular formula is C43H60F2N8O7. The zero-order chi connectivity index (χ0) is 43.4. The Balaban J connectivity index is 0.993. The number of alkyl halides is 2. The smallest absolute Gasteiger partial charge is 0.416 e. The van der Waals surface area contributed by atoms with Gasteiger partial charge in [0.25, 0.3) is 12.3 Å². The Morgan fingerprint density at radius 3 is 2.27 bits per heavy atom. The molecule has 1 N–H and O–H groups in total. The number of hydrogen-bond donors (Lipinski definition) is 1. The topological polar surface area (TPSA) is 165 Å². The van der Waals surface area contributed by atoms with Crippen LogP contribution in [0.3, 0.4) is 0 Å². The van der Waals surface area contributed by atoms with E-state index < -0.39 is 35.3 Å². The Morgan fingerprint density at radius 1 is 0.950 bits per heavy atom. The first-order valence-electron chi connectivity index (χ1n) is 21.2. The molecule has 17 heteroatoms. The van der Waals surface area contributed by atoms with Crippen LogP contribution >= 0.6 is 0 Å². The van der Waals surface area contributed by atoms with Crippen molar-refractivity contribution in [2.75, 3.05) is 43.4 Å². The predicted octanol–water partition coefficient (Wildman–Crippen LogP) is 8.89. The molecule has 60 heavy (non-hydrogen) atoms. The van der Waals surface area contributed by atoms with Gasteiger partial charge in [0.05, 0.1) is 11.7 Å². The first-order chi connectivity index (χ1) is 28.3. The van der Waals surface area contributed by atoms with Crippen molar-refractivity contribution in [1.29, 1.82) is 0 Å². The van der Waals surface area contributed by atoms with Crippen molar-refractivity contribution < 1.29 is 41.8 Å². The summed E-state index contributed by atoms with van der Waals surface area (Å²) in [5.74, 6) is 0.448. The number of oxazole rings is 1. The fourth-order valence-electron chi connectivity index (χ4n) is 7.74. The molecule has 3 aromatic rings. The molecule has 1 aliphatic heterocycles. The number of halogens is 2. The second-order valence-electron chi connectivity index (χ2n) is 18.5. The number of nitrogens with one attached hydrogen (secondary N) is 1. The van der Waals surface area contributed by atoms with Crippen LogP contribution in [0.2, 0.25) is 0 Å². The van der Waals surface area contributed by atoms with E-state index in [1.807, 2.05) is 27.8 Å². The second-order valence-corrected chi connectivity index (χ2v) is 18.5. The van der Waals surface area contributed by atoms with Gasteiger partial charge in [-0.25, -0.2) is 28.3 Å². The van der Waals surface area contributed by atoms with Crippen LogP contribution in [0.15, 0.2) is 35.2 Å². The molecule has 0 atom stereocenters. The molecule has 4 amide bonds. The zero-order valence-electron chi connectivity index (χ0n) is 35.9. The van der Waals surface area contributed by atoms with Gasteiger partial charge in [-0.3, -0.25) is 19.2 Å². The molecule has 15 nitrogen and oxygen atoms in total. The van der Waals surface area contributed by atoms with E-state index in [2.05, 4.69) is 20.4 Å². The summed E-state index contributed by atoms with van der Waals surface area (Å²) in [7, 11) is 1.83. The molecule has 4 heterocycles. The van der Waals surface area contributed by atoms with E-state index in [0.717, 1.165) is 44.8 Å². The van der Waals surface area contributed by atoms with E-state index >= 15 is 0 Å². The van der Waals surface area contributed by atoms with Crippen LogP contribution in [0.5, 0.6) is 0 Å². The van der Waals surface area contributed by atoms with Gasteiger partial charge in [0.2, 0.25) is 11.8 Å². The fraction of sp³-hybridized carbons (Fsp3) is 0.651. The van der Waals surface area contributed by atoms with Crippen molar-refractivity contribution in [2.45, 2.75) is 129 Å². The van der Waals surface area contributed by atoms with Crippen molar-refractivity contribution in [2.24, 2.45) is 17.8 Å². The van der Waals surface area contributed by atoms with Gasteiger partial charge in [-0.2, -0.15) is 5.10 Å². The maximum absolute atomic E-state index is 14.2. The number of hydrogen-bond acceptors (Lipinski definition) is 10. The minimum Gasteiger partial charge on any atom is -0.444 e. The largest absolute Gasteiger partial charge is 0.444 e. The SMILES string of the molecule is CN(CCCC1CCN(C(=O)OC(C)(C)C)CC1)C(=O)C1CCC(n2cc(NC(=O)c3coc(-c4ccnc(N(CC5CC5)C(=O)OC(C)(C)C)c4)n3)c(C(F)F)n2)CC1. The molecule has 2 aliphatic carbocycles. The first kappa shape index (κ1) is 44.5. The number of amides is 4. The van der Waals surface area contributed by atoms with Crippen LogP contribution < -0.4 is 10.2 Å². The number of carbonyl (C=O) groups excluding carboxylic acids is 4. The minimum absolute atomic E-state index is 0.0820. The summed E-state index contributed by atoms with van der Waals surface area (Å²) in [4.78, 5) is 65.9. The second kappa shape index (κ2) is 18.7. The van der Waals surface area contributed by atoms with Crippen molar-refractivity contribution in [1.82, 2.24) is 29.5 Å². The van der Waals surface area contributed by atoms with Crippen LogP contribution in [0, 0.1) is 17.8 Å². The van der Waals surface area contributed by atoms with Gasteiger partial charge in [0.1, 0.15) is 23.3 Å². The number of aromatic nitrogens is 4. The molecule has 1 saturated heterocycles. The van der Waals surface area contributed by atoms with Crippen molar-refractivity contribution in [3.05, 3.63) is 42.2 Å². The van der Waals surface area contributed by atoms with Gasteiger partial charge in [0.15, 0.2) is 11.4 Å². The number of likely N-dealkylation sites (tertiary alicyclic amines) is 1. The highest BCUT2D eigenvalue weighted by Gasteiger charge is 2.34. The summed E-state index contributed by atoms with van der Waals surface area (Å²) in [6, 6.07) is 3.04. The molecular weight excluding hydrogens is 779 g/mol. The summed E-state index contributed by atoms with van der Waals surface area (Å²) >= 11 is 0. The normalized spacial score (nSPS) is 18.9. The summed E-state index contributed by atoms with van der Waals surface area (Å²) in [5.41, 5.74) is -1.58. The summed E-state index contributed by atoms with van der Waals surface area (Å²) in [6.07, 6.45) is 8.37. The molecule has 2 saturated carbocycles. The lowest BCUT2D eigenvalue weighted by Gasteiger charge is -2.34. The summed E-state index contributed by atoms with van der Waals surface area (Å²) in [6.45, 7) is 13.4. The Bertz CT molecular complexity index is 1970. The van der Waals surface area contributed by atoms with Crippen molar-refractivity contribution in [3.63, 3.8) is 0 Å². The van der Waals surface area contributed by atoms with E-state index in [9.17, 15) is 28.0 Å². The predicted molar refractivity (Wildman–Crippen MR) is 220 cm³/mol.